The maximum absolute atomic E-state index is 14.4. The fourth-order valence-corrected chi connectivity index (χ4v) is 8.03. The Morgan fingerprint density at radius 3 is 2.76 bits per heavy atom. The Morgan fingerprint density at radius 2 is 2.02 bits per heavy atom. The molecule has 3 fully saturated rings. The average molecular weight is 576 g/mol. The Hall–Kier alpha value is -3.21. The Balaban J connectivity index is 1.23. The molecule has 10 nitrogen and oxygen atoms in total. The van der Waals surface area contributed by atoms with Crippen molar-refractivity contribution in [3.63, 3.8) is 0 Å². The van der Waals surface area contributed by atoms with Crippen LogP contribution in [0.5, 0.6) is 0 Å². The summed E-state index contributed by atoms with van der Waals surface area (Å²) >= 11 is 0. The summed E-state index contributed by atoms with van der Waals surface area (Å²) in [5.41, 5.74) is 3.95. The van der Waals surface area contributed by atoms with Gasteiger partial charge in [-0.3, -0.25) is 24.0 Å². The third-order valence-corrected chi connectivity index (χ3v) is 10.1. The summed E-state index contributed by atoms with van der Waals surface area (Å²) in [6.07, 6.45) is 4.50. The van der Waals surface area contributed by atoms with Crippen molar-refractivity contribution in [3.05, 3.63) is 41.1 Å². The molecule has 0 spiro atoms. The van der Waals surface area contributed by atoms with Gasteiger partial charge in [0, 0.05) is 41.6 Å². The van der Waals surface area contributed by atoms with E-state index in [-0.39, 0.29) is 23.8 Å². The molecule has 42 heavy (non-hydrogen) atoms. The molecule has 10 heteroatoms. The van der Waals surface area contributed by atoms with Crippen LogP contribution in [0.3, 0.4) is 0 Å². The van der Waals surface area contributed by atoms with Crippen LogP contribution < -0.4 is 10.6 Å². The molecule has 0 unspecified atom stereocenters. The van der Waals surface area contributed by atoms with Gasteiger partial charge in [0.05, 0.1) is 5.92 Å². The minimum Gasteiger partial charge on any atom is -0.358 e. The number of piperazine rings is 1. The number of hydrogen-bond acceptors (Lipinski definition) is 6. The number of H-pyrrole nitrogens is 1. The van der Waals surface area contributed by atoms with Gasteiger partial charge < -0.3 is 25.6 Å². The molecule has 4 aliphatic heterocycles. The van der Waals surface area contributed by atoms with Crippen LogP contribution >= 0.6 is 0 Å². The lowest BCUT2D eigenvalue weighted by Crippen LogP contribution is -2.71. The molecule has 5 aliphatic rings. The maximum Gasteiger partial charge on any atom is 0.281 e. The molecular formula is C32H41N5O5. The fourth-order valence-electron chi connectivity index (χ4n) is 8.03. The lowest BCUT2D eigenvalue weighted by molar-refractivity contribution is -0.322. The largest absolute Gasteiger partial charge is 0.358 e. The van der Waals surface area contributed by atoms with Crippen LogP contribution in [0, 0.1) is 24.7 Å². The highest BCUT2D eigenvalue weighted by molar-refractivity contribution is 6.01. The molecule has 5 heterocycles. The summed E-state index contributed by atoms with van der Waals surface area (Å²) in [5, 5.41) is 19.9. The van der Waals surface area contributed by atoms with Crippen molar-refractivity contribution in [1.29, 1.82) is 0 Å². The second-order valence-electron chi connectivity index (χ2n) is 13.5. The number of aromatic nitrogens is 1. The van der Waals surface area contributed by atoms with E-state index in [4.69, 9.17) is 4.74 Å². The summed E-state index contributed by atoms with van der Waals surface area (Å²) in [4.78, 5) is 48.4. The molecular weight excluding hydrogens is 534 g/mol. The number of nitrogens with one attached hydrogen (secondary N) is 3. The molecule has 6 atom stereocenters. The normalized spacial score (nSPS) is 33.8. The number of aryl methyl sites for hydroxylation is 1. The van der Waals surface area contributed by atoms with E-state index in [0.29, 0.717) is 25.9 Å². The number of ether oxygens (including phenoxy) is 1. The second-order valence-corrected chi connectivity index (χ2v) is 13.5. The molecule has 0 radical (unpaired) electrons. The van der Waals surface area contributed by atoms with Crippen LogP contribution in [-0.2, 0) is 25.5 Å². The zero-order chi connectivity index (χ0) is 29.7. The van der Waals surface area contributed by atoms with Gasteiger partial charge in [0.25, 0.3) is 11.8 Å². The van der Waals surface area contributed by atoms with E-state index in [1.54, 1.807) is 18.7 Å². The number of aliphatic hydroxyl groups is 1. The van der Waals surface area contributed by atoms with Gasteiger partial charge in [0.15, 0.2) is 0 Å². The molecule has 224 valence electrons. The first-order valence-corrected chi connectivity index (χ1v) is 15.4. The van der Waals surface area contributed by atoms with E-state index in [1.165, 1.54) is 21.5 Å². The van der Waals surface area contributed by atoms with Gasteiger partial charge in [-0.25, -0.2) is 0 Å². The van der Waals surface area contributed by atoms with Gasteiger partial charge in [-0.15, -0.1) is 0 Å². The highest BCUT2D eigenvalue weighted by atomic mass is 16.7. The molecule has 3 saturated heterocycles. The number of carbonyl (C=O) groups excluding carboxylic acids is 3. The minimum absolute atomic E-state index is 0.0934. The van der Waals surface area contributed by atoms with Gasteiger partial charge in [-0.1, -0.05) is 45.9 Å². The number of hydrogen-bond donors (Lipinski definition) is 4. The van der Waals surface area contributed by atoms with Crippen molar-refractivity contribution in [2.75, 3.05) is 13.1 Å². The monoisotopic (exact) mass is 575 g/mol. The van der Waals surface area contributed by atoms with Gasteiger partial charge in [0.1, 0.15) is 12.1 Å². The molecule has 1 aromatic carbocycles. The zero-order valence-corrected chi connectivity index (χ0v) is 25.0. The zero-order valence-electron chi connectivity index (χ0n) is 25.0. The lowest BCUT2D eigenvalue weighted by atomic mass is 9.80. The van der Waals surface area contributed by atoms with Crippen molar-refractivity contribution in [1.82, 2.24) is 25.4 Å². The molecule has 1 aliphatic carbocycles. The van der Waals surface area contributed by atoms with Crippen LogP contribution in [-0.4, -0.2) is 80.5 Å². The van der Waals surface area contributed by atoms with Crippen LogP contribution in [0.15, 0.2) is 24.3 Å². The summed E-state index contributed by atoms with van der Waals surface area (Å²) in [7, 11) is 0. The van der Waals surface area contributed by atoms with Gasteiger partial charge in [-0.2, -0.15) is 0 Å². The van der Waals surface area contributed by atoms with Crippen LogP contribution in [0.25, 0.3) is 16.5 Å². The minimum atomic E-state index is -2.01. The van der Waals surface area contributed by atoms with Crippen LogP contribution in [0.2, 0.25) is 0 Å². The number of amides is 3. The Kier molecular flexibility index (Phi) is 6.18. The molecule has 1 aromatic heterocycles. The van der Waals surface area contributed by atoms with Crippen molar-refractivity contribution in [2.45, 2.75) is 90.1 Å². The van der Waals surface area contributed by atoms with Crippen molar-refractivity contribution in [2.24, 2.45) is 17.8 Å². The number of aromatic amines is 1. The lowest BCUT2D eigenvalue weighted by Gasteiger charge is -2.49. The topological polar surface area (TPSA) is 127 Å². The summed E-state index contributed by atoms with van der Waals surface area (Å²) < 4.78 is 6.41. The Morgan fingerprint density at radius 1 is 1.24 bits per heavy atom. The average Bonchev–Trinajstić information content (AvgIpc) is 3.62. The third-order valence-electron chi connectivity index (χ3n) is 10.1. The SMILES string of the molecule is Cc1[nH]c2cccc3c2c1C[C@H]1NC[C@H](C(=O)N[C@]2(C(C)C)O[C@@]4(O)[C@@H]5CCCN5C(=O)[C@H](CC(C)C)N4C2=O)C=C31. The van der Waals surface area contributed by atoms with Gasteiger partial charge >= 0.3 is 0 Å². The number of carbonyl (C=O) groups is 3. The number of nitrogens with zero attached hydrogens (tertiary/aromatic N) is 2. The summed E-state index contributed by atoms with van der Waals surface area (Å²) in [6.45, 7) is 10.6. The third kappa shape index (κ3) is 3.70. The van der Waals surface area contributed by atoms with Crippen LogP contribution in [0.1, 0.15) is 63.8 Å². The first-order valence-electron chi connectivity index (χ1n) is 15.4. The smallest absolute Gasteiger partial charge is 0.281 e. The first kappa shape index (κ1) is 27.6. The maximum atomic E-state index is 14.4. The number of fused-ring (bicyclic) bond motifs is 5. The highest BCUT2D eigenvalue weighted by Crippen LogP contribution is 2.48. The predicted molar refractivity (Wildman–Crippen MR) is 157 cm³/mol. The molecule has 2 aromatic rings. The number of rotatable bonds is 5. The quantitative estimate of drug-likeness (QED) is 0.434. The number of benzene rings is 1. The second kappa shape index (κ2) is 9.39. The van der Waals surface area contributed by atoms with E-state index in [9.17, 15) is 19.5 Å². The van der Waals surface area contributed by atoms with E-state index in [1.807, 2.05) is 26.0 Å². The van der Waals surface area contributed by atoms with E-state index in [0.717, 1.165) is 29.5 Å². The standard InChI is InChI=1S/C32H41N5O5/c1-16(2)12-25-29(39)36-11-7-10-26(36)32(41)37(25)30(40)31(42-32,17(3)4)35-28(38)19-13-22-20-8-6-9-23-27(20)21(18(5)34-23)14-24(22)33-15-19/h6,8-9,13,16-17,19,24-26,33-34,41H,7,10-12,14-15H2,1-5H3,(H,35,38)/t19-,24-,25+,26+,31-,32+/m1/s1. The molecule has 0 saturated carbocycles. The molecule has 4 N–H and O–H groups in total. The van der Waals surface area contributed by atoms with Crippen molar-refractivity contribution < 1.29 is 24.2 Å². The van der Waals surface area contributed by atoms with E-state index < -0.39 is 41.5 Å². The summed E-state index contributed by atoms with van der Waals surface area (Å²) in [5.74, 6) is -4.01. The van der Waals surface area contributed by atoms with Crippen molar-refractivity contribution >= 4 is 34.2 Å². The molecule has 7 rings (SSSR count). The Bertz CT molecular complexity index is 1530. The van der Waals surface area contributed by atoms with Gasteiger partial charge in [-0.05, 0) is 61.3 Å². The van der Waals surface area contributed by atoms with E-state index >= 15 is 0 Å². The fraction of sp³-hybridized carbons (Fsp3) is 0.594. The van der Waals surface area contributed by atoms with Gasteiger partial charge in [0.2, 0.25) is 17.5 Å². The molecule has 0 bridgehead atoms. The van der Waals surface area contributed by atoms with Crippen LogP contribution in [0.4, 0.5) is 0 Å². The van der Waals surface area contributed by atoms with Crippen molar-refractivity contribution in [3.8, 4) is 0 Å². The highest BCUT2D eigenvalue weighted by Gasteiger charge is 2.71. The molecule has 3 amide bonds. The first-order chi connectivity index (χ1) is 20.0. The van der Waals surface area contributed by atoms with E-state index in [2.05, 4.69) is 34.7 Å². The summed E-state index contributed by atoms with van der Waals surface area (Å²) in [6, 6.07) is 4.78. The Labute approximate surface area is 245 Å². The predicted octanol–water partition coefficient (Wildman–Crippen LogP) is 2.40.